The van der Waals surface area contributed by atoms with E-state index >= 15 is 0 Å². The van der Waals surface area contributed by atoms with E-state index in [1.54, 1.807) is 6.92 Å². The maximum atomic E-state index is 13.0. The van der Waals surface area contributed by atoms with Gasteiger partial charge in [0, 0.05) is 33.1 Å². The van der Waals surface area contributed by atoms with Gasteiger partial charge in [0.25, 0.3) is 5.22 Å². The molecule has 3 fully saturated rings. The Hall–Kier alpha value is -1.57. The summed E-state index contributed by atoms with van der Waals surface area (Å²) in [5, 5.41) is 8.08. The van der Waals surface area contributed by atoms with E-state index in [9.17, 15) is 9.59 Å². The summed E-state index contributed by atoms with van der Waals surface area (Å²) in [4.78, 5) is 29.4. The normalized spacial score (nSPS) is 26.7. The summed E-state index contributed by atoms with van der Waals surface area (Å²) in [7, 11) is 0. The SMILES string of the molecule is Cc1nnc(SCC(=O)N2CC[C@@]3(CCCN(CC4CC4)C3=O)C2)o1. The summed E-state index contributed by atoms with van der Waals surface area (Å²) in [5.74, 6) is 1.81. The lowest BCUT2D eigenvalue weighted by Crippen LogP contribution is -2.51. The van der Waals surface area contributed by atoms with Gasteiger partial charge < -0.3 is 14.2 Å². The molecule has 25 heavy (non-hydrogen) atoms. The number of piperidine rings is 1. The first-order valence-electron chi connectivity index (χ1n) is 9.06. The van der Waals surface area contributed by atoms with Crippen LogP contribution < -0.4 is 0 Å². The van der Waals surface area contributed by atoms with Gasteiger partial charge in [-0.15, -0.1) is 10.2 Å². The van der Waals surface area contributed by atoms with Crippen LogP contribution >= 0.6 is 11.8 Å². The third-order valence-corrected chi connectivity index (χ3v) is 6.34. The highest BCUT2D eigenvalue weighted by Gasteiger charge is 2.49. The second-order valence-electron chi connectivity index (χ2n) is 7.52. The Morgan fingerprint density at radius 1 is 1.32 bits per heavy atom. The average Bonchev–Trinajstić information content (AvgIpc) is 3.15. The summed E-state index contributed by atoms with van der Waals surface area (Å²) in [6.45, 7) is 4.77. The fourth-order valence-electron chi connectivity index (χ4n) is 3.95. The minimum Gasteiger partial charge on any atom is -0.416 e. The molecule has 4 rings (SSSR count). The number of amides is 2. The molecule has 136 valence electrons. The highest BCUT2D eigenvalue weighted by Crippen LogP contribution is 2.41. The molecule has 2 saturated heterocycles. The molecule has 0 bridgehead atoms. The fraction of sp³-hybridized carbons (Fsp3) is 0.765. The third kappa shape index (κ3) is 3.54. The van der Waals surface area contributed by atoms with Crippen molar-refractivity contribution in [2.75, 3.05) is 31.9 Å². The summed E-state index contributed by atoms with van der Waals surface area (Å²) in [6.07, 6.45) is 5.27. The van der Waals surface area contributed by atoms with Gasteiger partial charge in [-0.1, -0.05) is 11.8 Å². The molecule has 8 heteroatoms. The molecule has 0 aromatic carbocycles. The van der Waals surface area contributed by atoms with Crippen molar-refractivity contribution in [3.05, 3.63) is 5.89 Å². The summed E-state index contributed by atoms with van der Waals surface area (Å²) >= 11 is 1.26. The average molecular weight is 364 g/mol. The Bertz CT molecular complexity index is 675. The van der Waals surface area contributed by atoms with Gasteiger partial charge in [-0.05, 0) is 38.0 Å². The molecule has 0 unspecified atom stereocenters. The van der Waals surface area contributed by atoms with E-state index in [4.69, 9.17) is 4.42 Å². The van der Waals surface area contributed by atoms with Crippen molar-refractivity contribution >= 4 is 23.6 Å². The lowest BCUT2D eigenvalue weighted by molar-refractivity contribution is -0.146. The minimum absolute atomic E-state index is 0.0462. The Balaban J connectivity index is 1.34. The zero-order valence-corrected chi connectivity index (χ0v) is 15.4. The van der Waals surface area contributed by atoms with Crippen LogP contribution in [0.15, 0.2) is 9.64 Å². The van der Waals surface area contributed by atoms with Crippen LogP contribution in [0, 0.1) is 18.3 Å². The van der Waals surface area contributed by atoms with Crippen LogP contribution in [0.4, 0.5) is 0 Å². The van der Waals surface area contributed by atoms with Gasteiger partial charge in [0.15, 0.2) is 0 Å². The van der Waals surface area contributed by atoms with Crippen molar-refractivity contribution in [1.29, 1.82) is 0 Å². The molecule has 3 aliphatic rings. The molecular formula is C17H24N4O3S. The number of likely N-dealkylation sites (tertiary alicyclic amines) is 2. The number of carbonyl (C=O) groups is 2. The van der Waals surface area contributed by atoms with Crippen LogP contribution in [0.2, 0.25) is 0 Å². The van der Waals surface area contributed by atoms with Crippen LogP contribution in [0.5, 0.6) is 0 Å². The summed E-state index contributed by atoms with van der Waals surface area (Å²) in [6, 6.07) is 0. The van der Waals surface area contributed by atoms with Crippen molar-refractivity contribution in [3.8, 4) is 0 Å². The lowest BCUT2D eigenvalue weighted by Gasteiger charge is -2.39. The number of rotatable bonds is 5. The number of aryl methyl sites for hydroxylation is 1. The first-order valence-corrected chi connectivity index (χ1v) is 10.0. The Morgan fingerprint density at radius 2 is 2.16 bits per heavy atom. The molecule has 7 nitrogen and oxygen atoms in total. The Kier molecular flexibility index (Phi) is 4.47. The highest BCUT2D eigenvalue weighted by atomic mass is 32.2. The molecule has 2 amide bonds. The van der Waals surface area contributed by atoms with Crippen LogP contribution in [-0.2, 0) is 9.59 Å². The quantitative estimate of drug-likeness (QED) is 0.740. The number of hydrogen-bond acceptors (Lipinski definition) is 6. The van der Waals surface area contributed by atoms with E-state index in [1.165, 1.54) is 24.6 Å². The first-order chi connectivity index (χ1) is 12.1. The standard InChI is InChI=1S/C17H24N4O3S/c1-12-18-19-16(24-12)25-10-14(22)21-8-6-17(11-21)5-2-7-20(15(17)23)9-13-3-4-13/h13H,2-11H2,1H3/t17-/m0/s1. The predicted molar refractivity (Wildman–Crippen MR) is 91.9 cm³/mol. The number of hydrogen-bond donors (Lipinski definition) is 0. The lowest BCUT2D eigenvalue weighted by atomic mass is 9.78. The molecule has 0 radical (unpaired) electrons. The maximum absolute atomic E-state index is 13.0. The predicted octanol–water partition coefficient (Wildman–Crippen LogP) is 1.72. The molecule has 1 saturated carbocycles. The molecule has 2 aliphatic heterocycles. The molecule has 3 heterocycles. The van der Waals surface area contributed by atoms with Crippen molar-refractivity contribution in [2.24, 2.45) is 11.3 Å². The van der Waals surface area contributed by atoms with Crippen LogP contribution in [0.25, 0.3) is 0 Å². The van der Waals surface area contributed by atoms with Gasteiger partial charge in [-0.3, -0.25) is 9.59 Å². The zero-order chi connectivity index (χ0) is 17.4. The fourth-order valence-corrected chi connectivity index (χ4v) is 4.66. The van der Waals surface area contributed by atoms with E-state index in [0.717, 1.165) is 32.4 Å². The second kappa shape index (κ2) is 6.63. The molecule has 1 aliphatic carbocycles. The van der Waals surface area contributed by atoms with E-state index < -0.39 is 0 Å². The zero-order valence-electron chi connectivity index (χ0n) is 14.6. The van der Waals surface area contributed by atoms with Crippen molar-refractivity contribution < 1.29 is 14.0 Å². The summed E-state index contributed by atoms with van der Waals surface area (Å²) < 4.78 is 5.29. The Morgan fingerprint density at radius 3 is 2.88 bits per heavy atom. The van der Waals surface area contributed by atoms with Crippen molar-refractivity contribution in [3.63, 3.8) is 0 Å². The topological polar surface area (TPSA) is 79.5 Å². The molecule has 1 atom stereocenters. The number of nitrogens with zero attached hydrogens (tertiary/aromatic N) is 4. The molecule has 1 aromatic heterocycles. The van der Waals surface area contributed by atoms with Gasteiger partial charge in [0.05, 0.1) is 11.2 Å². The molecule has 1 aromatic rings. The van der Waals surface area contributed by atoms with Crippen LogP contribution in [0.1, 0.15) is 38.0 Å². The van der Waals surface area contributed by atoms with Gasteiger partial charge in [-0.25, -0.2) is 0 Å². The van der Waals surface area contributed by atoms with E-state index in [-0.39, 0.29) is 23.0 Å². The van der Waals surface area contributed by atoms with E-state index in [2.05, 4.69) is 15.1 Å². The van der Waals surface area contributed by atoms with Crippen molar-refractivity contribution in [2.45, 2.75) is 44.3 Å². The largest absolute Gasteiger partial charge is 0.416 e. The van der Waals surface area contributed by atoms with E-state index in [1.807, 2.05) is 4.90 Å². The van der Waals surface area contributed by atoms with Crippen LogP contribution in [0.3, 0.4) is 0 Å². The first kappa shape index (κ1) is 16.9. The van der Waals surface area contributed by atoms with E-state index in [0.29, 0.717) is 30.1 Å². The third-order valence-electron chi connectivity index (χ3n) is 5.53. The highest BCUT2D eigenvalue weighted by molar-refractivity contribution is 7.99. The second-order valence-corrected chi connectivity index (χ2v) is 8.45. The van der Waals surface area contributed by atoms with Gasteiger partial charge >= 0.3 is 0 Å². The molecular weight excluding hydrogens is 340 g/mol. The van der Waals surface area contributed by atoms with Crippen molar-refractivity contribution in [1.82, 2.24) is 20.0 Å². The monoisotopic (exact) mass is 364 g/mol. The summed E-state index contributed by atoms with van der Waals surface area (Å²) in [5.41, 5.74) is -0.339. The minimum atomic E-state index is -0.339. The van der Waals surface area contributed by atoms with Crippen LogP contribution in [-0.4, -0.2) is 63.7 Å². The molecule has 1 spiro atoms. The smallest absolute Gasteiger partial charge is 0.277 e. The van der Waals surface area contributed by atoms with Gasteiger partial charge in [0.1, 0.15) is 0 Å². The maximum Gasteiger partial charge on any atom is 0.277 e. The Labute approximate surface area is 151 Å². The van der Waals surface area contributed by atoms with Gasteiger partial charge in [-0.2, -0.15) is 0 Å². The number of thioether (sulfide) groups is 1. The number of aromatic nitrogens is 2. The molecule has 0 N–H and O–H groups in total. The van der Waals surface area contributed by atoms with Gasteiger partial charge in [0.2, 0.25) is 17.7 Å². The number of carbonyl (C=O) groups excluding carboxylic acids is 2.